The highest BCUT2D eigenvalue weighted by Crippen LogP contribution is 2.30. The van der Waals surface area contributed by atoms with Crippen LogP contribution in [0.1, 0.15) is 10.4 Å². The molecule has 1 amide bonds. The number of nitrogens with zero attached hydrogens (tertiary/aromatic N) is 2. The predicted octanol–water partition coefficient (Wildman–Crippen LogP) is 6.95. The molecule has 2 N–H and O–H groups in total. The zero-order valence-corrected chi connectivity index (χ0v) is 18.3. The first-order valence-corrected chi connectivity index (χ1v) is 10.8. The third-order valence-corrected chi connectivity index (χ3v) is 5.35. The fourth-order valence-corrected chi connectivity index (χ4v) is 3.74. The second-order valence-electron chi connectivity index (χ2n) is 7.45. The number of amides is 1. The molecule has 0 unspecified atom stereocenters. The first-order chi connectivity index (χ1) is 16.2. The second kappa shape index (κ2) is 9.10. The number of carbonyl (C=O) groups excluding carboxylic acids is 1. The van der Waals surface area contributed by atoms with Gasteiger partial charge in [0.25, 0.3) is 5.91 Å². The standard InChI is InChI=1S/C27H19ClN4O/c28-20-14-15-24-23(17-20)25(18-8-3-1-4-9-18)32-27(31-24)30-22-13-7-10-19(16-22)26(33)29-21-11-5-2-6-12-21/h1-17H,(H,29,33)(H,30,31,32). The van der Waals surface area contributed by atoms with Crippen molar-refractivity contribution in [2.75, 3.05) is 10.6 Å². The van der Waals surface area contributed by atoms with Gasteiger partial charge in [-0.15, -0.1) is 0 Å². The SMILES string of the molecule is O=C(Nc1ccccc1)c1cccc(Nc2nc(-c3ccccc3)c3cc(Cl)ccc3n2)c1. The number of fused-ring (bicyclic) bond motifs is 1. The molecule has 0 spiro atoms. The average Bonchev–Trinajstić information content (AvgIpc) is 2.85. The van der Waals surface area contributed by atoms with Crippen molar-refractivity contribution < 1.29 is 4.79 Å². The first kappa shape index (κ1) is 20.7. The number of anilines is 3. The van der Waals surface area contributed by atoms with Crippen molar-refractivity contribution in [2.45, 2.75) is 0 Å². The summed E-state index contributed by atoms with van der Waals surface area (Å²) in [4.78, 5) is 22.1. The Kier molecular flexibility index (Phi) is 5.70. The maximum absolute atomic E-state index is 12.7. The number of carbonyl (C=O) groups is 1. The van der Waals surface area contributed by atoms with E-state index >= 15 is 0 Å². The van der Waals surface area contributed by atoms with Crippen LogP contribution < -0.4 is 10.6 Å². The molecule has 0 fully saturated rings. The third kappa shape index (κ3) is 4.68. The smallest absolute Gasteiger partial charge is 0.255 e. The molecule has 0 saturated heterocycles. The van der Waals surface area contributed by atoms with Crippen LogP contribution in [0, 0.1) is 0 Å². The molecule has 0 saturated carbocycles. The highest BCUT2D eigenvalue weighted by molar-refractivity contribution is 6.31. The number of benzene rings is 4. The largest absolute Gasteiger partial charge is 0.324 e. The number of para-hydroxylation sites is 1. The lowest BCUT2D eigenvalue weighted by Gasteiger charge is -2.12. The van der Waals surface area contributed by atoms with Crippen molar-refractivity contribution >= 4 is 45.7 Å². The van der Waals surface area contributed by atoms with E-state index in [4.69, 9.17) is 16.6 Å². The van der Waals surface area contributed by atoms with Crippen molar-refractivity contribution in [3.63, 3.8) is 0 Å². The molecule has 0 atom stereocenters. The Morgan fingerprint density at radius 2 is 1.45 bits per heavy atom. The van der Waals surface area contributed by atoms with Crippen LogP contribution >= 0.6 is 11.6 Å². The zero-order valence-electron chi connectivity index (χ0n) is 17.5. The van der Waals surface area contributed by atoms with Crippen LogP contribution in [-0.4, -0.2) is 15.9 Å². The van der Waals surface area contributed by atoms with Gasteiger partial charge in [-0.3, -0.25) is 4.79 Å². The summed E-state index contributed by atoms with van der Waals surface area (Å²) in [6.07, 6.45) is 0. The summed E-state index contributed by atoms with van der Waals surface area (Å²) in [6.45, 7) is 0. The molecule has 33 heavy (non-hydrogen) atoms. The number of rotatable bonds is 5. The number of nitrogens with one attached hydrogen (secondary N) is 2. The van der Waals surface area contributed by atoms with E-state index in [2.05, 4.69) is 15.6 Å². The summed E-state index contributed by atoms with van der Waals surface area (Å²) in [5.74, 6) is 0.244. The van der Waals surface area contributed by atoms with Gasteiger partial charge in [0, 0.05) is 32.9 Å². The maximum atomic E-state index is 12.7. The minimum absolute atomic E-state index is 0.191. The van der Waals surface area contributed by atoms with Crippen molar-refractivity contribution in [3.8, 4) is 11.3 Å². The second-order valence-corrected chi connectivity index (χ2v) is 7.89. The molecule has 1 heterocycles. The van der Waals surface area contributed by atoms with Crippen molar-refractivity contribution in [2.24, 2.45) is 0 Å². The lowest BCUT2D eigenvalue weighted by molar-refractivity contribution is 0.102. The van der Waals surface area contributed by atoms with Gasteiger partial charge < -0.3 is 10.6 Å². The van der Waals surface area contributed by atoms with E-state index in [1.807, 2.05) is 91.0 Å². The molecular weight excluding hydrogens is 432 g/mol. The quantitative estimate of drug-likeness (QED) is 0.304. The number of hydrogen-bond donors (Lipinski definition) is 2. The molecule has 6 heteroatoms. The third-order valence-electron chi connectivity index (χ3n) is 5.12. The molecule has 160 valence electrons. The molecule has 1 aromatic heterocycles. The fourth-order valence-electron chi connectivity index (χ4n) is 3.56. The Balaban J connectivity index is 1.48. The van der Waals surface area contributed by atoms with E-state index in [1.54, 1.807) is 12.1 Å². The van der Waals surface area contributed by atoms with Gasteiger partial charge in [-0.25, -0.2) is 9.97 Å². The highest BCUT2D eigenvalue weighted by atomic mass is 35.5. The summed E-state index contributed by atoms with van der Waals surface area (Å²) in [6, 6.07) is 32.0. The molecule has 5 rings (SSSR count). The van der Waals surface area contributed by atoms with Crippen molar-refractivity contribution in [3.05, 3.63) is 114 Å². The van der Waals surface area contributed by atoms with Gasteiger partial charge in [-0.1, -0.05) is 66.2 Å². The van der Waals surface area contributed by atoms with E-state index < -0.39 is 0 Å². The Morgan fingerprint density at radius 1 is 0.727 bits per heavy atom. The lowest BCUT2D eigenvalue weighted by atomic mass is 10.1. The minimum atomic E-state index is -0.191. The normalized spacial score (nSPS) is 10.7. The minimum Gasteiger partial charge on any atom is -0.324 e. The highest BCUT2D eigenvalue weighted by Gasteiger charge is 2.12. The van der Waals surface area contributed by atoms with Gasteiger partial charge in [0.15, 0.2) is 0 Å². The van der Waals surface area contributed by atoms with Crippen LogP contribution in [0.5, 0.6) is 0 Å². The van der Waals surface area contributed by atoms with Crippen molar-refractivity contribution in [1.82, 2.24) is 9.97 Å². The molecule has 5 aromatic rings. The van der Waals surface area contributed by atoms with Gasteiger partial charge >= 0.3 is 0 Å². The zero-order chi connectivity index (χ0) is 22.6. The topological polar surface area (TPSA) is 66.9 Å². The summed E-state index contributed by atoms with van der Waals surface area (Å²) >= 11 is 6.24. The molecule has 0 aliphatic rings. The van der Waals surface area contributed by atoms with E-state index in [-0.39, 0.29) is 5.91 Å². The maximum Gasteiger partial charge on any atom is 0.255 e. The van der Waals surface area contributed by atoms with Crippen LogP contribution in [0.3, 0.4) is 0 Å². The van der Waals surface area contributed by atoms with Gasteiger partial charge in [0.2, 0.25) is 5.95 Å². The van der Waals surface area contributed by atoms with Crippen LogP contribution in [0.25, 0.3) is 22.2 Å². The molecule has 0 aliphatic carbocycles. The summed E-state index contributed by atoms with van der Waals surface area (Å²) in [5.41, 5.74) is 4.50. The van der Waals surface area contributed by atoms with Crippen LogP contribution in [0.15, 0.2) is 103 Å². The molecular formula is C27H19ClN4O. The summed E-state index contributed by atoms with van der Waals surface area (Å²) < 4.78 is 0. The van der Waals surface area contributed by atoms with Crippen LogP contribution in [-0.2, 0) is 0 Å². The lowest BCUT2D eigenvalue weighted by Crippen LogP contribution is -2.12. The van der Waals surface area contributed by atoms with E-state index in [0.717, 1.165) is 27.8 Å². The Hall–Kier alpha value is -4.22. The Labute approximate surface area is 196 Å². The number of aromatic nitrogens is 2. The van der Waals surface area contributed by atoms with Crippen LogP contribution in [0.2, 0.25) is 5.02 Å². The van der Waals surface area contributed by atoms with E-state index in [1.165, 1.54) is 0 Å². The molecule has 0 aliphatic heterocycles. The first-order valence-electron chi connectivity index (χ1n) is 10.4. The van der Waals surface area contributed by atoms with Crippen molar-refractivity contribution in [1.29, 1.82) is 0 Å². The van der Waals surface area contributed by atoms with Gasteiger partial charge in [0.05, 0.1) is 11.2 Å². The Bertz CT molecular complexity index is 1440. The predicted molar refractivity (Wildman–Crippen MR) is 134 cm³/mol. The Morgan fingerprint density at radius 3 is 2.24 bits per heavy atom. The number of halogens is 1. The molecule has 0 radical (unpaired) electrons. The summed E-state index contributed by atoms with van der Waals surface area (Å²) in [7, 11) is 0. The van der Waals surface area contributed by atoms with E-state index in [9.17, 15) is 4.79 Å². The average molecular weight is 451 g/mol. The monoisotopic (exact) mass is 450 g/mol. The van der Waals surface area contributed by atoms with Gasteiger partial charge in [-0.2, -0.15) is 0 Å². The molecule has 5 nitrogen and oxygen atoms in total. The molecule has 4 aromatic carbocycles. The molecule has 0 bridgehead atoms. The summed E-state index contributed by atoms with van der Waals surface area (Å²) in [5, 5.41) is 7.64. The van der Waals surface area contributed by atoms with Gasteiger partial charge in [-0.05, 0) is 48.5 Å². The fraction of sp³-hybridized carbons (Fsp3) is 0. The number of hydrogen-bond acceptors (Lipinski definition) is 4. The van der Waals surface area contributed by atoms with Crippen LogP contribution in [0.4, 0.5) is 17.3 Å². The van der Waals surface area contributed by atoms with E-state index in [0.29, 0.717) is 22.2 Å². The van der Waals surface area contributed by atoms with Gasteiger partial charge in [0.1, 0.15) is 0 Å².